The third-order valence-corrected chi connectivity index (χ3v) is 2.51. The molecule has 2 unspecified atom stereocenters. The predicted molar refractivity (Wildman–Crippen MR) is 58.6 cm³/mol. The number of aliphatic hydroxyl groups is 2. The van der Waals surface area contributed by atoms with Crippen LogP contribution in [0.3, 0.4) is 0 Å². The molecule has 0 saturated heterocycles. The molecule has 0 aliphatic rings. The standard InChI is InChI=1S/C11H10F3NO5/c12-11(13,14)6-3-4(10(19)20)1-2-5(6)7(16)8(17)9(15)18/h1-3,7-8,16-17H,(H2,15,18)(H,19,20). The highest BCUT2D eigenvalue weighted by molar-refractivity contribution is 5.88. The minimum absolute atomic E-state index is 0.300. The molecule has 0 aromatic heterocycles. The van der Waals surface area contributed by atoms with Gasteiger partial charge in [0.1, 0.15) is 6.10 Å². The molecule has 0 fully saturated rings. The molecule has 0 bridgehead atoms. The number of amides is 1. The number of carboxylic acids is 1. The highest BCUT2D eigenvalue weighted by atomic mass is 19.4. The Morgan fingerprint density at radius 1 is 1.20 bits per heavy atom. The molecule has 1 rings (SSSR count). The minimum atomic E-state index is -4.97. The van der Waals surface area contributed by atoms with Crippen molar-refractivity contribution in [2.24, 2.45) is 5.73 Å². The Hall–Kier alpha value is -2.13. The summed E-state index contributed by atoms with van der Waals surface area (Å²) in [6.07, 6.45) is -9.43. The number of hydrogen-bond donors (Lipinski definition) is 4. The van der Waals surface area contributed by atoms with Crippen molar-refractivity contribution >= 4 is 11.9 Å². The fraction of sp³-hybridized carbons (Fsp3) is 0.273. The van der Waals surface area contributed by atoms with Crippen LogP contribution in [0.1, 0.15) is 27.6 Å². The molecule has 1 amide bonds. The SMILES string of the molecule is NC(=O)C(O)C(O)c1ccc(C(=O)O)cc1C(F)(F)F. The number of aliphatic hydroxyl groups excluding tert-OH is 2. The predicted octanol–water partition coefficient (Wildman–Crippen LogP) is 0.283. The van der Waals surface area contributed by atoms with Crippen LogP contribution >= 0.6 is 0 Å². The lowest BCUT2D eigenvalue weighted by atomic mass is 9.96. The Balaban J connectivity index is 3.39. The minimum Gasteiger partial charge on any atom is -0.478 e. The van der Waals surface area contributed by atoms with Crippen LogP contribution in [0.25, 0.3) is 0 Å². The van der Waals surface area contributed by atoms with E-state index in [4.69, 9.17) is 5.11 Å². The molecular weight excluding hydrogens is 283 g/mol. The van der Waals surface area contributed by atoms with Gasteiger partial charge in [0.2, 0.25) is 5.91 Å². The molecule has 0 spiro atoms. The van der Waals surface area contributed by atoms with Gasteiger partial charge in [-0.3, -0.25) is 4.79 Å². The second-order valence-corrected chi connectivity index (χ2v) is 3.90. The van der Waals surface area contributed by atoms with E-state index in [1.165, 1.54) is 0 Å². The van der Waals surface area contributed by atoms with E-state index in [0.29, 0.717) is 12.1 Å². The summed E-state index contributed by atoms with van der Waals surface area (Å²) in [6, 6.07) is 1.78. The number of rotatable bonds is 4. The van der Waals surface area contributed by atoms with Gasteiger partial charge in [0, 0.05) is 0 Å². The number of benzene rings is 1. The zero-order valence-electron chi connectivity index (χ0n) is 9.76. The van der Waals surface area contributed by atoms with Gasteiger partial charge >= 0.3 is 12.1 Å². The van der Waals surface area contributed by atoms with Crippen LogP contribution in [-0.2, 0) is 11.0 Å². The van der Waals surface area contributed by atoms with Gasteiger partial charge in [0.05, 0.1) is 11.1 Å². The number of carbonyl (C=O) groups is 2. The second-order valence-electron chi connectivity index (χ2n) is 3.90. The number of nitrogens with two attached hydrogens (primary N) is 1. The molecule has 0 aliphatic carbocycles. The average Bonchev–Trinajstić information content (AvgIpc) is 2.34. The lowest BCUT2D eigenvalue weighted by molar-refractivity contribution is -0.142. The highest BCUT2D eigenvalue weighted by Crippen LogP contribution is 2.36. The van der Waals surface area contributed by atoms with Crippen LogP contribution in [-0.4, -0.2) is 33.3 Å². The summed E-state index contributed by atoms with van der Waals surface area (Å²) in [7, 11) is 0. The second kappa shape index (κ2) is 5.47. The van der Waals surface area contributed by atoms with E-state index in [9.17, 15) is 33.0 Å². The average molecular weight is 293 g/mol. The number of aromatic carboxylic acids is 1. The largest absolute Gasteiger partial charge is 0.478 e. The summed E-state index contributed by atoms with van der Waals surface area (Å²) in [5.41, 5.74) is 1.73. The summed E-state index contributed by atoms with van der Waals surface area (Å²) in [5, 5.41) is 27.4. The van der Waals surface area contributed by atoms with E-state index >= 15 is 0 Å². The van der Waals surface area contributed by atoms with Gasteiger partial charge in [-0.05, 0) is 17.7 Å². The van der Waals surface area contributed by atoms with Crippen molar-refractivity contribution < 1.29 is 38.1 Å². The molecule has 2 atom stereocenters. The summed E-state index contributed by atoms with van der Waals surface area (Å²) in [5.74, 6) is -3.00. The van der Waals surface area contributed by atoms with E-state index < -0.39 is 47.0 Å². The molecule has 5 N–H and O–H groups in total. The Labute approximate surface area is 110 Å². The van der Waals surface area contributed by atoms with Crippen molar-refractivity contribution in [3.63, 3.8) is 0 Å². The maximum absolute atomic E-state index is 12.8. The van der Waals surface area contributed by atoms with Crippen LogP contribution in [0.4, 0.5) is 13.2 Å². The third-order valence-electron chi connectivity index (χ3n) is 2.51. The number of hydrogen-bond acceptors (Lipinski definition) is 4. The molecule has 0 radical (unpaired) electrons. The first-order valence-corrected chi connectivity index (χ1v) is 5.15. The molecule has 0 saturated carbocycles. The Bertz CT molecular complexity index is 543. The number of alkyl halides is 3. The molecule has 110 valence electrons. The van der Waals surface area contributed by atoms with Gasteiger partial charge in [0.25, 0.3) is 0 Å². The monoisotopic (exact) mass is 293 g/mol. The van der Waals surface area contributed by atoms with Crippen LogP contribution in [0.5, 0.6) is 0 Å². The number of carboxylic acid groups (broad SMARTS) is 1. The lowest BCUT2D eigenvalue weighted by Gasteiger charge is -2.20. The number of carbonyl (C=O) groups excluding carboxylic acids is 1. The van der Waals surface area contributed by atoms with Gasteiger partial charge in [-0.1, -0.05) is 6.07 Å². The van der Waals surface area contributed by atoms with Crippen molar-refractivity contribution in [3.05, 3.63) is 34.9 Å². The molecular formula is C11H10F3NO5. The molecule has 20 heavy (non-hydrogen) atoms. The molecule has 6 nitrogen and oxygen atoms in total. The fourth-order valence-electron chi connectivity index (χ4n) is 1.52. The van der Waals surface area contributed by atoms with E-state index in [1.54, 1.807) is 0 Å². The van der Waals surface area contributed by atoms with Crippen molar-refractivity contribution in [3.8, 4) is 0 Å². The Morgan fingerprint density at radius 2 is 1.75 bits per heavy atom. The lowest BCUT2D eigenvalue weighted by Crippen LogP contribution is -2.34. The van der Waals surface area contributed by atoms with Gasteiger partial charge in [-0.2, -0.15) is 13.2 Å². The zero-order valence-corrected chi connectivity index (χ0v) is 9.76. The molecule has 0 heterocycles. The zero-order chi connectivity index (χ0) is 15.7. The first-order valence-electron chi connectivity index (χ1n) is 5.15. The Morgan fingerprint density at radius 3 is 2.15 bits per heavy atom. The number of primary amides is 1. The third kappa shape index (κ3) is 3.25. The van der Waals surface area contributed by atoms with Crippen LogP contribution in [0.2, 0.25) is 0 Å². The van der Waals surface area contributed by atoms with E-state index in [-0.39, 0.29) is 0 Å². The van der Waals surface area contributed by atoms with Gasteiger partial charge in [0.15, 0.2) is 6.10 Å². The van der Waals surface area contributed by atoms with Crippen LogP contribution in [0, 0.1) is 0 Å². The van der Waals surface area contributed by atoms with Crippen molar-refractivity contribution in [1.82, 2.24) is 0 Å². The normalized spacial score (nSPS) is 14.7. The van der Waals surface area contributed by atoms with Crippen LogP contribution in [0.15, 0.2) is 18.2 Å². The van der Waals surface area contributed by atoms with E-state index in [2.05, 4.69) is 5.73 Å². The summed E-state index contributed by atoms with van der Waals surface area (Å²) in [6.45, 7) is 0. The maximum atomic E-state index is 12.8. The van der Waals surface area contributed by atoms with Crippen LogP contribution < -0.4 is 5.73 Å². The molecule has 1 aromatic carbocycles. The summed E-state index contributed by atoms with van der Waals surface area (Å²) < 4.78 is 38.4. The molecule has 1 aromatic rings. The van der Waals surface area contributed by atoms with E-state index in [1.807, 2.05) is 0 Å². The Kier molecular flexibility index (Phi) is 4.36. The van der Waals surface area contributed by atoms with E-state index in [0.717, 1.165) is 6.07 Å². The molecule has 0 aliphatic heterocycles. The smallest absolute Gasteiger partial charge is 0.416 e. The quantitative estimate of drug-likeness (QED) is 0.635. The fourth-order valence-corrected chi connectivity index (χ4v) is 1.52. The first-order chi connectivity index (χ1) is 9.05. The number of halogens is 3. The van der Waals surface area contributed by atoms with Crippen molar-refractivity contribution in [2.45, 2.75) is 18.4 Å². The van der Waals surface area contributed by atoms with Gasteiger partial charge in [-0.15, -0.1) is 0 Å². The highest BCUT2D eigenvalue weighted by Gasteiger charge is 2.38. The van der Waals surface area contributed by atoms with Crippen molar-refractivity contribution in [1.29, 1.82) is 0 Å². The summed E-state index contributed by atoms with van der Waals surface area (Å²) >= 11 is 0. The first kappa shape index (κ1) is 15.9. The van der Waals surface area contributed by atoms with Gasteiger partial charge in [-0.25, -0.2) is 4.79 Å². The van der Waals surface area contributed by atoms with Gasteiger partial charge < -0.3 is 21.1 Å². The van der Waals surface area contributed by atoms with Crippen molar-refractivity contribution in [2.75, 3.05) is 0 Å². The maximum Gasteiger partial charge on any atom is 0.416 e. The molecule has 9 heteroatoms. The summed E-state index contributed by atoms with van der Waals surface area (Å²) in [4.78, 5) is 21.3. The topological polar surface area (TPSA) is 121 Å².